The van der Waals surface area contributed by atoms with E-state index < -0.39 is 0 Å². The third-order valence-corrected chi connectivity index (χ3v) is 1.74. The lowest BCUT2D eigenvalue weighted by Gasteiger charge is -2.20. The number of rotatable bonds is 0. The summed E-state index contributed by atoms with van der Waals surface area (Å²) in [5.74, 6) is 0. The van der Waals surface area contributed by atoms with Gasteiger partial charge < -0.3 is 4.42 Å². The van der Waals surface area contributed by atoms with Crippen LogP contribution >= 0.6 is 0 Å². The van der Waals surface area contributed by atoms with Crippen LogP contribution in [0.1, 0.15) is 41.5 Å². The van der Waals surface area contributed by atoms with Crippen LogP contribution in [0.4, 0.5) is 0 Å². The van der Waals surface area contributed by atoms with Crippen LogP contribution in [0.3, 0.4) is 0 Å². The molecule has 0 saturated heterocycles. The first-order valence-corrected chi connectivity index (χ1v) is 4.93. The zero-order valence-corrected chi connectivity index (χ0v) is 9.96. The second-order valence-electron chi connectivity index (χ2n) is 5.51. The zero-order valence-electron chi connectivity index (χ0n) is 9.96. The van der Waals surface area contributed by atoms with Crippen molar-refractivity contribution in [3.05, 3.63) is 18.1 Å². The third kappa shape index (κ3) is 2.76. The molecular formula is C11H20N2O. The predicted molar refractivity (Wildman–Crippen MR) is 57.0 cm³/mol. The summed E-state index contributed by atoms with van der Waals surface area (Å²) in [5, 5.41) is 0. The highest BCUT2D eigenvalue weighted by Crippen LogP contribution is 2.11. The molecule has 1 heterocycles. The van der Waals surface area contributed by atoms with Gasteiger partial charge in [0.15, 0.2) is 0 Å². The molecule has 0 fully saturated rings. The fourth-order valence-electron chi connectivity index (χ4n) is 1.15. The second kappa shape index (κ2) is 3.30. The van der Waals surface area contributed by atoms with E-state index in [4.69, 9.17) is 4.42 Å². The van der Waals surface area contributed by atoms with Gasteiger partial charge in [0.2, 0.25) is 0 Å². The minimum absolute atomic E-state index is 0.0110. The number of oxazole rings is 1. The molecule has 0 aliphatic rings. The molecule has 0 aliphatic carbocycles. The van der Waals surface area contributed by atoms with Crippen LogP contribution in [-0.2, 0) is 5.54 Å². The third-order valence-electron chi connectivity index (χ3n) is 1.74. The van der Waals surface area contributed by atoms with E-state index in [-0.39, 0.29) is 11.1 Å². The molecule has 0 N–H and O–H groups in total. The summed E-state index contributed by atoms with van der Waals surface area (Å²) in [6, 6.07) is 0. The Morgan fingerprint density at radius 2 is 1.71 bits per heavy atom. The van der Waals surface area contributed by atoms with Crippen LogP contribution < -0.4 is 5.68 Å². The highest BCUT2D eigenvalue weighted by atomic mass is 16.3. The fourth-order valence-corrected chi connectivity index (χ4v) is 1.15. The van der Waals surface area contributed by atoms with E-state index in [9.17, 15) is 0 Å². The molecule has 0 unspecified atom stereocenters. The molecular weight excluding hydrogens is 176 g/mol. The molecule has 0 aliphatic heterocycles. The average molecular weight is 196 g/mol. The van der Waals surface area contributed by atoms with Gasteiger partial charge in [-0.25, -0.2) is 4.99 Å². The van der Waals surface area contributed by atoms with Crippen molar-refractivity contribution in [2.45, 2.75) is 52.6 Å². The molecule has 1 aromatic heterocycles. The Bertz CT molecular complexity index is 358. The minimum Gasteiger partial charge on any atom is -0.432 e. The lowest BCUT2D eigenvalue weighted by molar-refractivity contribution is 0.329. The Balaban J connectivity index is 3.25. The van der Waals surface area contributed by atoms with E-state index in [2.05, 4.69) is 46.5 Å². The molecule has 1 rings (SSSR count). The molecule has 0 spiro atoms. The molecule has 1 aromatic rings. The molecule has 3 heteroatoms. The predicted octanol–water partition coefficient (Wildman–Crippen LogP) is 2.54. The standard InChI is InChI=1S/C11H20N2O/c1-10(2,3)12-9-13(7-8-14-9)11(4,5)6/h7-8H,1-6H3/b12-9-. The second-order valence-corrected chi connectivity index (χ2v) is 5.51. The van der Waals surface area contributed by atoms with Crippen molar-refractivity contribution in [1.29, 1.82) is 0 Å². The Labute approximate surface area is 85.5 Å². The normalized spacial score (nSPS) is 14.9. The topological polar surface area (TPSA) is 30.4 Å². The highest BCUT2D eigenvalue weighted by Gasteiger charge is 2.16. The van der Waals surface area contributed by atoms with E-state index >= 15 is 0 Å². The maximum absolute atomic E-state index is 5.36. The van der Waals surface area contributed by atoms with E-state index in [0.29, 0.717) is 5.68 Å². The SMILES string of the molecule is CC(C)(C)/N=c1\occn1C(C)(C)C. The summed E-state index contributed by atoms with van der Waals surface area (Å²) >= 11 is 0. The van der Waals surface area contributed by atoms with Gasteiger partial charge in [-0.05, 0) is 41.5 Å². The van der Waals surface area contributed by atoms with Gasteiger partial charge in [-0.2, -0.15) is 0 Å². The largest absolute Gasteiger partial charge is 0.432 e. The van der Waals surface area contributed by atoms with E-state index in [0.717, 1.165) is 0 Å². The highest BCUT2D eigenvalue weighted by molar-refractivity contribution is 4.82. The van der Waals surface area contributed by atoms with Gasteiger partial charge in [-0.15, -0.1) is 0 Å². The summed E-state index contributed by atoms with van der Waals surface area (Å²) in [6.07, 6.45) is 3.60. The molecule has 0 radical (unpaired) electrons. The zero-order chi connectivity index (χ0) is 11.0. The summed E-state index contributed by atoms with van der Waals surface area (Å²) in [5.41, 5.74) is 0.590. The van der Waals surface area contributed by atoms with Gasteiger partial charge in [-0.3, -0.25) is 4.57 Å². The average Bonchev–Trinajstić information content (AvgIpc) is 2.29. The van der Waals surface area contributed by atoms with Crippen molar-refractivity contribution in [3.8, 4) is 0 Å². The van der Waals surface area contributed by atoms with Crippen molar-refractivity contribution < 1.29 is 4.42 Å². The van der Waals surface area contributed by atoms with E-state index in [1.807, 2.05) is 10.8 Å². The number of hydrogen-bond donors (Lipinski definition) is 0. The van der Waals surface area contributed by atoms with Crippen molar-refractivity contribution in [1.82, 2.24) is 4.57 Å². The molecule has 3 nitrogen and oxygen atoms in total. The molecule has 0 saturated carbocycles. The lowest BCUT2D eigenvalue weighted by Crippen LogP contribution is -2.33. The van der Waals surface area contributed by atoms with Gasteiger partial charge in [0.05, 0.1) is 5.54 Å². The summed E-state index contributed by atoms with van der Waals surface area (Å²) in [4.78, 5) is 4.51. The molecule has 80 valence electrons. The van der Waals surface area contributed by atoms with Crippen molar-refractivity contribution in [2.24, 2.45) is 4.99 Å². The smallest absolute Gasteiger partial charge is 0.297 e. The Kier molecular flexibility index (Phi) is 2.61. The van der Waals surface area contributed by atoms with Gasteiger partial charge in [0.1, 0.15) is 6.26 Å². The Morgan fingerprint density at radius 3 is 2.14 bits per heavy atom. The Morgan fingerprint density at radius 1 is 1.14 bits per heavy atom. The number of nitrogens with zero attached hydrogens (tertiary/aromatic N) is 2. The van der Waals surface area contributed by atoms with Gasteiger partial charge in [0.25, 0.3) is 5.68 Å². The quantitative estimate of drug-likeness (QED) is 0.627. The van der Waals surface area contributed by atoms with Crippen LogP contribution in [0.15, 0.2) is 21.9 Å². The Hall–Kier alpha value is -0.990. The van der Waals surface area contributed by atoms with Crippen molar-refractivity contribution in [3.63, 3.8) is 0 Å². The fraction of sp³-hybridized carbons (Fsp3) is 0.727. The molecule has 0 atom stereocenters. The van der Waals surface area contributed by atoms with Gasteiger partial charge >= 0.3 is 0 Å². The van der Waals surface area contributed by atoms with Crippen LogP contribution in [0.2, 0.25) is 0 Å². The number of hydrogen-bond acceptors (Lipinski definition) is 2. The minimum atomic E-state index is -0.106. The first-order chi connectivity index (χ1) is 6.20. The van der Waals surface area contributed by atoms with Crippen LogP contribution in [0.5, 0.6) is 0 Å². The summed E-state index contributed by atoms with van der Waals surface area (Å²) in [6.45, 7) is 12.6. The molecule has 0 amide bonds. The summed E-state index contributed by atoms with van der Waals surface area (Å²) in [7, 11) is 0. The van der Waals surface area contributed by atoms with Crippen LogP contribution in [-0.4, -0.2) is 10.1 Å². The van der Waals surface area contributed by atoms with Crippen molar-refractivity contribution in [2.75, 3.05) is 0 Å². The molecule has 0 aromatic carbocycles. The van der Waals surface area contributed by atoms with Gasteiger partial charge in [-0.1, -0.05) is 0 Å². The molecule has 14 heavy (non-hydrogen) atoms. The van der Waals surface area contributed by atoms with E-state index in [1.54, 1.807) is 6.26 Å². The van der Waals surface area contributed by atoms with Crippen LogP contribution in [0, 0.1) is 0 Å². The van der Waals surface area contributed by atoms with Crippen LogP contribution in [0.25, 0.3) is 0 Å². The van der Waals surface area contributed by atoms with Gasteiger partial charge in [0, 0.05) is 11.7 Å². The van der Waals surface area contributed by atoms with E-state index in [1.165, 1.54) is 0 Å². The molecule has 0 bridgehead atoms. The maximum Gasteiger partial charge on any atom is 0.297 e. The monoisotopic (exact) mass is 196 g/mol. The maximum atomic E-state index is 5.36. The first-order valence-electron chi connectivity index (χ1n) is 4.93. The summed E-state index contributed by atoms with van der Waals surface area (Å²) < 4.78 is 7.40. The first kappa shape index (κ1) is 11.1. The number of aromatic nitrogens is 1. The lowest BCUT2D eigenvalue weighted by atomic mass is 10.1. The van der Waals surface area contributed by atoms with Crippen molar-refractivity contribution >= 4 is 0 Å².